The monoisotopic (exact) mass is 473 g/mol. The Bertz CT molecular complexity index is 1210. The van der Waals surface area contributed by atoms with E-state index in [1.54, 1.807) is 43.6 Å². The third-order valence-electron chi connectivity index (χ3n) is 4.02. The summed E-state index contributed by atoms with van der Waals surface area (Å²) in [7, 11) is 1.60. The molecule has 0 saturated carbocycles. The molecule has 0 radical (unpaired) electrons. The lowest BCUT2D eigenvalue weighted by Crippen LogP contribution is -2.22. The second kappa shape index (κ2) is 7.50. The van der Waals surface area contributed by atoms with Crippen molar-refractivity contribution in [3.8, 4) is 11.6 Å². The summed E-state index contributed by atoms with van der Waals surface area (Å²) in [5.74, 6) is 0.384. The second-order valence-electron chi connectivity index (χ2n) is 5.86. The third kappa shape index (κ3) is 3.48. The van der Waals surface area contributed by atoms with Crippen LogP contribution < -0.4 is 10.3 Å². The lowest BCUT2D eigenvalue weighted by atomic mass is 10.2. The number of pyridine rings is 1. The second-order valence-corrected chi connectivity index (χ2v) is 8.45. The van der Waals surface area contributed by atoms with Gasteiger partial charge in [0.1, 0.15) is 21.3 Å². The molecule has 1 saturated heterocycles. The predicted octanol–water partition coefficient (Wildman–Crippen LogP) is 4.08. The normalized spacial score (nSPS) is 15.6. The zero-order chi connectivity index (χ0) is 19.8. The smallest absolute Gasteiger partial charge is 0.269 e. The number of fused-ring (bicyclic) bond motifs is 1. The Balaban J connectivity index is 1.89. The molecular formula is C19H12BrN3O3S2. The van der Waals surface area contributed by atoms with Gasteiger partial charge >= 0.3 is 0 Å². The minimum atomic E-state index is -0.334. The summed E-state index contributed by atoms with van der Waals surface area (Å²) in [6, 6.07) is 12.4. The number of nitrogens with zero attached hydrogens (tertiary/aromatic N) is 3. The molecule has 6 nitrogen and oxygen atoms in total. The van der Waals surface area contributed by atoms with Gasteiger partial charge in [-0.05, 0) is 42.5 Å². The van der Waals surface area contributed by atoms with Gasteiger partial charge in [-0.1, -0.05) is 46.0 Å². The van der Waals surface area contributed by atoms with Crippen molar-refractivity contribution in [3.63, 3.8) is 0 Å². The first-order valence-electron chi connectivity index (χ1n) is 8.10. The Morgan fingerprint density at radius 1 is 1.18 bits per heavy atom. The molecule has 140 valence electrons. The van der Waals surface area contributed by atoms with Crippen LogP contribution in [0.2, 0.25) is 0 Å². The summed E-state index contributed by atoms with van der Waals surface area (Å²) in [6.07, 6.45) is 3.11. The molecule has 1 fully saturated rings. The predicted molar refractivity (Wildman–Crippen MR) is 117 cm³/mol. The van der Waals surface area contributed by atoms with Gasteiger partial charge in [-0.3, -0.25) is 18.9 Å². The maximum atomic E-state index is 13.1. The third-order valence-corrected chi connectivity index (χ3v) is 6.04. The lowest BCUT2D eigenvalue weighted by Gasteiger charge is -2.10. The average Bonchev–Trinajstić information content (AvgIpc) is 2.93. The number of aromatic nitrogens is 2. The van der Waals surface area contributed by atoms with Gasteiger partial charge in [-0.15, -0.1) is 0 Å². The van der Waals surface area contributed by atoms with Gasteiger partial charge in [0.25, 0.3) is 11.5 Å². The quantitative estimate of drug-likeness (QED) is 0.421. The van der Waals surface area contributed by atoms with Gasteiger partial charge in [0.15, 0.2) is 0 Å². The molecule has 9 heteroatoms. The van der Waals surface area contributed by atoms with Crippen LogP contribution in [-0.4, -0.2) is 31.6 Å². The van der Waals surface area contributed by atoms with Crippen LogP contribution >= 0.6 is 39.9 Å². The van der Waals surface area contributed by atoms with Crippen molar-refractivity contribution in [3.05, 3.63) is 74.0 Å². The topological polar surface area (TPSA) is 63.9 Å². The van der Waals surface area contributed by atoms with Gasteiger partial charge in [0.2, 0.25) is 5.88 Å². The fraction of sp³-hybridized carbons (Fsp3) is 0.0526. The Hall–Kier alpha value is -2.49. The highest BCUT2D eigenvalue weighted by molar-refractivity contribution is 9.10. The molecular weight excluding hydrogens is 462 g/mol. The molecule has 2 aromatic heterocycles. The number of hydrogen-bond donors (Lipinski definition) is 0. The minimum absolute atomic E-state index is 0.125. The van der Waals surface area contributed by atoms with E-state index in [4.69, 9.17) is 17.0 Å². The Morgan fingerprint density at radius 3 is 2.61 bits per heavy atom. The van der Waals surface area contributed by atoms with Crippen molar-refractivity contribution < 1.29 is 9.53 Å². The van der Waals surface area contributed by atoms with Crippen molar-refractivity contribution in [1.29, 1.82) is 0 Å². The minimum Gasteiger partial charge on any atom is -0.438 e. The largest absolute Gasteiger partial charge is 0.438 e. The molecule has 0 atom stereocenters. The number of amides is 1. The van der Waals surface area contributed by atoms with Crippen LogP contribution in [0.25, 0.3) is 11.7 Å². The van der Waals surface area contributed by atoms with E-state index in [1.807, 2.05) is 12.1 Å². The number of hydrogen-bond acceptors (Lipinski definition) is 6. The van der Waals surface area contributed by atoms with Crippen LogP contribution in [0.1, 0.15) is 5.56 Å². The summed E-state index contributed by atoms with van der Waals surface area (Å²) in [4.78, 5) is 31.6. The summed E-state index contributed by atoms with van der Waals surface area (Å²) in [5, 5.41) is 0. The first kappa shape index (κ1) is 18.9. The Kier molecular flexibility index (Phi) is 5.05. The Morgan fingerprint density at radius 2 is 1.93 bits per heavy atom. The number of thiocarbonyl (C=S) groups is 1. The number of carbonyl (C=O) groups excluding carboxylic acids is 1. The maximum Gasteiger partial charge on any atom is 0.269 e. The standard InChI is InChI=1S/C19H12BrN3O3S2/c1-22-18(25)14(28-19(22)27)10-13-16(26-12-7-5-11(20)6-8-12)21-15-4-2-3-9-23(15)17(13)24/h2-10H,1H3/b14-10+. The molecule has 3 heterocycles. The van der Waals surface area contributed by atoms with Crippen molar-refractivity contribution in [2.45, 2.75) is 0 Å². The zero-order valence-corrected chi connectivity index (χ0v) is 17.7. The number of benzene rings is 1. The number of ether oxygens (including phenoxy) is 1. The molecule has 1 aliphatic heterocycles. The number of rotatable bonds is 3. The molecule has 28 heavy (non-hydrogen) atoms. The molecule has 3 aromatic rings. The van der Waals surface area contributed by atoms with Crippen molar-refractivity contribution in [2.75, 3.05) is 7.05 Å². The van der Waals surface area contributed by atoms with Crippen LogP contribution in [0, 0.1) is 0 Å². The first-order chi connectivity index (χ1) is 13.4. The number of carbonyl (C=O) groups is 1. The van der Waals surface area contributed by atoms with E-state index in [0.717, 1.165) is 16.2 Å². The molecule has 0 spiro atoms. The van der Waals surface area contributed by atoms with E-state index in [-0.39, 0.29) is 22.9 Å². The average molecular weight is 474 g/mol. The highest BCUT2D eigenvalue weighted by Crippen LogP contribution is 2.33. The highest BCUT2D eigenvalue weighted by atomic mass is 79.9. The SMILES string of the molecule is CN1C(=O)/C(=C\c2c(Oc3ccc(Br)cc3)nc3ccccn3c2=O)SC1=S. The Labute approximate surface area is 178 Å². The van der Waals surface area contributed by atoms with Crippen LogP contribution in [-0.2, 0) is 4.79 Å². The summed E-state index contributed by atoms with van der Waals surface area (Å²) in [5.41, 5.74) is 0.291. The van der Waals surface area contributed by atoms with Gasteiger partial charge in [-0.25, -0.2) is 0 Å². The molecule has 0 N–H and O–H groups in total. The van der Waals surface area contributed by atoms with E-state index < -0.39 is 0 Å². The molecule has 0 aliphatic carbocycles. The summed E-state index contributed by atoms with van der Waals surface area (Å²) < 4.78 is 8.64. The van der Waals surface area contributed by atoms with Gasteiger partial charge in [-0.2, -0.15) is 4.98 Å². The number of halogens is 1. The fourth-order valence-electron chi connectivity index (χ4n) is 2.57. The van der Waals surface area contributed by atoms with Gasteiger partial charge < -0.3 is 4.74 Å². The van der Waals surface area contributed by atoms with Crippen LogP contribution in [0.15, 0.2) is 62.8 Å². The zero-order valence-electron chi connectivity index (χ0n) is 14.5. The molecule has 1 amide bonds. The van der Waals surface area contributed by atoms with E-state index in [1.165, 1.54) is 15.4 Å². The van der Waals surface area contributed by atoms with E-state index in [0.29, 0.717) is 20.6 Å². The van der Waals surface area contributed by atoms with Gasteiger partial charge in [0, 0.05) is 17.7 Å². The maximum absolute atomic E-state index is 13.1. The van der Waals surface area contributed by atoms with E-state index >= 15 is 0 Å². The number of likely N-dealkylation sites (N-methyl/N-ethyl adjacent to an activating group) is 1. The highest BCUT2D eigenvalue weighted by Gasteiger charge is 2.29. The van der Waals surface area contributed by atoms with Crippen LogP contribution in [0.3, 0.4) is 0 Å². The molecule has 1 aromatic carbocycles. The molecule has 0 bridgehead atoms. The van der Waals surface area contributed by atoms with Gasteiger partial charge in [0.05, 0.1) is 4.91 Å². The van der Waals surface area contributed by atoms with E-state index in [2.05, 4.69) is 20.9 Å². The van der Waals surface area contributed by atoms with E-state index in [9.17, 15) is 9.59 Å². The fourth-order valence-corrected chi connectivity index (χ4v) is 4.00. The summed E-state index contributed by atoms with van der Waals surface area (Å²) >= 11 is 9.68. The first-order valence-corrected chi connectivity index (χ1v) is 10.1. The molecule has 0 unspecified atom stereocenters. The summed E-state index contributed by atoms with van der Waals surface area (Å²) in [6.45, 7) is 0. The van der Waals surface area contributed by atoms with Crippen molar-refractivity contribution >= 4 is 61.9 Å². The van der Waals surface area contributed by atoms with Crippen LogP contribution in [0.4, 0.5) is 0 Å². The molecule has 4 rings (SSSR count). The molecule has 1 aliphatic rings. The number of thioether (sulfide) groups is 1. The van der Waals surface area contributed by atoms with Crippen LogP contribution in [0.5, 0.6) is 11.6 Å². The van der Waals surface area contributed by atoms with Crippen molar-refractivity contribution in [2.24, 2.45) is 0 Å². The van der Waals surface area contributed by atoms with Crippen molar-refractivity contribution in [1.82, 2.24) is 14.3 Å². The lowest BCUT2D eigenvalue weighted by molar-refractivity contribution is -0.121.